The van der Waals surface area contributed by atoms with Crippen LogP contribution in [0.5, 0.6) is 0 Å². The van der Waals surface area contributed by atoms with Gasteiger partial charge < -0.3 is 4.42 Å². The summed E-state index contributed by atoms with van der Waals surface area (Å²) in [7, 11) is 0. The average Bonchev–Trinajstić information content (AvgIpc) is 3.69. The van der Waals surface area contributed by atoms with Crippen LogP contribution in [0.2, 0.25) is 0 Å². The van der Waals surface area contributed by atoms with Crippen LogP contribution in [-0.2, 0) is 0 Å². The summed E-state index contributed by atoms with van der Waals surface area (Å²) in [5.74, 6) is 0. The molecular formula is C48H30O. The van der Waals surface area contributed by atoms with Gasteiger partial charge in [0, 0.05) is 16.3 Å². The van der Waals surface area contributed by atoms with E-state index in [0.717, 1.165) is 33.0 Å². The molecule has 1 aromatic heterocycles. The zero-order valence-electron chi connectivity index (χ0n) is 38.7. The Balaban J connectivity index is 1.37. The lowest BCUT2D eigenvalue weighted by molar-refractivity contribution is 0.670. The lowest BCUT2D eigenvalue weighted by atomic mass is 9.83. The minimum absolute atomic E-state index is 0.0716. The molecule has 0 aliphatic rings. The third-order valence-corrected chi connectivity index (χ3v) is 9.22. The molecule has 0 unspecified atom stereocenters. The van der Waals surface area contributed by atoms with Gasteiger partial charge in [0.15, 0.2) is 0 Å². The molecule has 1 nitrogen and oxygen atoms in total. The maximum Gasteiger partial charge on any atom is 0.143 e. The van der Waals surface area contributed by atoms with E-state index in [9.17, 15) is 5.48 Å². The van der Waals surface area contributed by atoms with Crippen molar-refractivity contribution in [2.45, 2.75) is 0 Å². The number of fused-ring (bicyclic) bond motifs is 6. The molecule has 1 heterocycles. The summed E-state index contributed by atoms with van der Waals surface area (Å²) in [6.07, 6.45) is 0. The zero-order chi connectivity index (χ0) is 43.6. The second-order valence-electron chi connectivity index (χ2n) is 11.8. The van der Waals surface area contributed by atoms with Crippen molar-refractivity contribution in [3.8, 4) is 44.5 Å². The van der Waals surface area contributed by atoms with Crippen LogP contribution in [-0.4, -0.2) is 0 Å². The minimum Gasteiger partial charge on any atom is -0.455 e. The maximum atomic E-state index is 9.41. The summed E-state index contributed by atoms with van der Waals surface area (Å²) in [5.41, 5.74) is 4.62. The Morgan fingerprint density at radius 2 is 0.898 bits per heavy atom. The monoisotopic (exact) mass is 635 g/mol. The smallest absolute Gasteiger partial charge is 0.143 e. The quantitative estimate of drug-likeness (QED) is 0.175. The fraction of sp³-hybridized carbons (Fsp3) is 0. The molecule has 0 bridgehead atoms. The van der Waals surface area contributed by atoms with Crippen LogP contribution in [0, 0.1) is 0 Å². The van der Waals surface area contributed by atoms with E-state index in [1.807, 2.05) is 72.8 Å². The van der Waals surface area contributed by atoms with E-state index in [1.165, 1.54) is 0 Å². The highest BCUT2D eigenvalue weighted by Crippen LogP contribution is 2.47. The predicted octanol–water partition coefficient (Wildman–Crippen LogP) is 13.7. The number of hydrogen-bond acceptors (Lipinski definition) is 1. The van der Waals surface area contributed by atoms with Crippen LogP contribution in [0.3, 0.4) is 0 Å². The molecule has 0 aliphatic carbocycles. The second-order valence-corrected chi connectivity index (χ2v) is 11.8. The Kier molecular flexibility index (Phi) is 3.99. The predicted molar refractivity (Wildman–Crippen MR) is 208 cm³/mol. The molecule has 0 saturated heterocycles. The molecule has 49 heavy (non-hydrogen) atoms. The maximum absolute atomic E-state index is 9.41. The molecule has 0 saturated carbocycles. The van der Waals surface area contributed by atoms with Crippen molar-refractivity contribution in [3.05, 3.63) is 182 Å². The van der Waals surface area contributed by atoms with Gasteiger partial charge in [-0.3, -0.25) is 0 Å². The van der Waals surface area contributed by atoms with Gasteiger partial charge in [0.2, 0.25) is 0 Å². The molecule has 1 heteroatoms. The Morgan fingerprint density at radius 3 is 1.61 bits per heavy atom. The van der Waals surface area contributed by atoms with E-state index in [0.29, 0.717) is 27.5 Å². The third kappa shape index (κ3) is 4.26. The second kappa shape index (κ2) is 11.1. The van der Waals surface area contributed by atoms with Crippen molar-refractivity contribution in [2.75, 3.05) is 0 Å². The molecule has 0 amide bonds. The van der Waals surface area contributed by atoms with E-state index in [-0.39, 0.29) is 32.7 Å². The van der Waals surface area contributed by atoms with Crippen molar-refractivity contribution >= 4 is 54.3 Å². The summed E-state index contributed by atoms with van der Waals surface area (Å²) in [6, 6.07) is 24.6. The number of rotatable bonds is 4. The highest BCUT2D eigenvalue weighted by Gasteiger charge is 2.21. The topological polar surface area (TPSA) is 13.1 Å². The Hall–Kier alpha value is -6.44. The van der Waals surface area contributed by atoms with Gasteiger partial charge in [-0.05, 0) is 77.3 Å². The van der Waals surface area contributed by atoms with Gasteiger partial charge in [-0.25, -0.2) is 0 Å². The van der Waals surface area contributed by atoms with Crippen molar-refractivity contribution in [2.24, 2.45) is 0 Å². The number of para-hydroxylation sites is 1. The van der Waals surface area contributed by atoms with Gasteiger partial charge in [-0.1, -0.05) is 176 Å². The Morgan fingerprint density at radius 1 is 0.347 bits per heavy atom. The van der Waals surface area contributed by atoms with Crippen LogP contribution in [0.15, 0.2) is 186 Å². The molecule has 10 rings (SSSR count). The number of furan rings is 1. The SMILES string of the molecule is [2H]c1c([2H])c([2H])c(-c2c3c([2H])c([2H])c([2H])c([2H])c3c(-c3ccc(-c4cccc5c4oc4cccc(-c6ccccc6)c45)c4ccccc34)c3c([2H])c([2H])c([2H])c([2H])c23)c([2H])c1[2H]. The van der Waals surface area contributed by atoms with Crippen molar-refractivity contribution in [3.63, 3.8) is 0 Å². The first kappa shape index (κ1) is 17.6. The van der Waals surface area contributed by atoms with Crippen molar-refractivity contribution in [1.82, 2.24) is 0 Å². The molecule has 0 spiro atoms. The fourth-order valence-electron chi connectivity index (χ4n) is 7.19. The van der Waals surface area contributed by atoms with Gasteiger partial charge in [0.25, 0.3) is 0 Å². The van der Waals surface area contributed by atoms with Gasteiger partial charge in [-0.15, -0.1) is 0 Å². The molecule has 0 aliphatic heterocycles. The molecule has 0 fully saturated rings. The normalized spacial score (nSPS) is 15.4. The molecule has 228 valence electrons. The summed E-state index contributed by atoms with van der Waals surface area (Å²) in [6.45, 7) is 0. The van der Waals surface area contributed by atoms with Gasteiger partial charge in [-0.2, -0.15) is 0 Å². The number of benzene rings is 9. The van der Waals surface area contributed by atoms with Gasteiger partial charge >= 0.3 is 0 Å². The highest BCUT2D eigenvalue weighted by molar-refractivity contribution is 6.24. The van der Waals surface area contributed by atoms with Crippen LogP contribution >= 0.6 is 0 Å². The number of hydrogen-bond donors (Lipinski definition) is 0. The summed E-state index contributed by atoms with van der Waals surface area (Å²) >= 11 is 0. The van der Waals surface area contributed by atoms with E-state index in [2.05, 4.69) is 18.2 Å². The molecular weight excluding hydrogens is 593 g/mol. The lowest BCUT2D eigenvalue weighted by Gasteiger charge is -2.19. The van der Waals surface area contributed by atoms with Crippen LogP contribution in [0.1, 0.15) is 17.8 Å². The van der Waals surface area contributed by atoms with E-state index >= 15 is 0 Å². The molecule has 0 N–H and O–H groups in total. The van der Waals surface area contributed by atoms with Gasteiger partial charge in [0.05, 0.1) is 17.8 Å². The molecule has 0 atom stereocenters. The molecule has 0 radical (unpaired) electrons. The largest absolute Gasteiger partial charge is 0.455 e. The van der Waals surface area contributed by atoms with Crippen molar-refractivity contribution < 1.29 is 22.2 Å². The zero-order valence-corrected chi connectivity index (χ0v) is 25.7. The van der Waals surface area contributed by atoms with E-state index in [4.69, 9.17) is 16.8 Å². The van der Waals surface area contributed by atoms with Crippen LogP contribution in [0.4, 0.5) is 0 Å². The summed E-state index contributed by atoms with van der Waals surface area (Å²) < 4.78 is 123. The summed E-state index contributed by atoms with van der Waals surface area (Å²) in [5, 5.41) is 2.37. The standard InChI is InChI=1S/C48H30O/c1-3-15-31(16-4-1)33-25-14-28-44-47(33)43-27-13-26-42(48(43)49-44)36-29-30-41(35-20-8-7-19-34(35)36)46-39-23-11-9-21-37(39)45(32-17-5-2-6-18-32)38-22-10-12-24-40(38)46/h1-30H/i2D,5D,6D,9D,10D,11D,12D,17D,18D,21D,22D,23D,24D. The average molecular weight is 636 g/mol. The minimum atomic E-state index is -0.717. The lowest BCUT2D eigenvalue weighted by Crippen LogP contribution is -1.92. The molecule has 9 aromatic carbocycles. The Bertz CT molecular complexity index is 3510. The Labute approximate surface area is 302 Å². The van der Waals surface area contributed by atoms with Crippen LogP contribution < -0.4 is 0 Å². The van der Waals surface area contributed by atoms with Crippen LogP contribution in [0.25, 0.3) is 98.8 Å². The first-order valence-corrected chi connectivity index (χ1v) is 15.8. The first-order valence-electron chi connectivity index (χ1n) is 22.3. The third-order valence-electron chi connectivity index (χ3n) is 9.22. The summed E-state index contributed by atoms with van der Waals surface area (Å²) in [4.78, 5) is 0. The fourth-order valence-corrected chi connectivity index (χ4v) is 7.19. The van der Waals surface area contributed by atoms with Gasteiger partial charge in [0.1, 0.15) is 11.2 Å². The van der Waals surface area contributed by atoms with E-state index < -0.39 is 84.1 Å². The van der Waals surface area contributed by atoms with E-state index in [1.54, 1.807) is 12.1 Å². The first-order chi connectivity index (χ1) is 29.7. The highest BCUT2D eigenvalue weighted by atomic mass is 16.3. The van der Waals surface area contributed by atoms with Crippen molar-refractivity contribution in [1.29, 1.82) is 0 Å². The molecule has 10 aromatic rings.